The Hall–Kier alpha value is -2.65. The van der Waals surface area contributed by atoms with Crippen LogP contribution in [0.3, 0.4) is 0 Å². The van der Waals surface area contributed by atoms with Crippen LogP contribution in [0, 0.1) is 24.0 Å². The van der Waals surface area contributed by atoms with Crippen LogP contribution in [0.1, 0.15) is 36.6 Å². The summed E-state index contributed by atoms with van der Waals surface area (Å²) in [4.78, 5) is 0.0208. The number of hydrogen-bond acceptors (Lipinski definition) is 5. The SMILES string of the molecule is Cc1ccc(F)cc1S(=O)(=O)N1CCC2(CC1)C[C@H]2c1nnc(-c2cccc(F)c2)o1. The molecule has 6 nitrogen and oxygen atoms in total. The molecule has 0 unspecified atom stereocenters. The summed E-state index contributed by atoms with van der Waals surface area (Å²) in [5, 5.41) is 8.21. The summed E-state index contributed by atoms with van der Waals surface area (Å²) in [5.41, 5.74) is 0.996. The molecule has 1 saturated heterocycles. The topological polar surface area (TPSA) is 76.3 Å². The van der Waals surface area contributed by atoms with E-state index in [1.807, 2.05) is 0 Å². The first kappa shape index (κ1) is 20.3. The molecule has 1 aliphatic carbocycles. The fraction of sp³-hybridized carbons (Fsp3) is 0.364. The molecule has 1 aliphatic heterocycles. The lowest BCUT2D eigenvalue weighted by atomic mass is 9.92. The average molecular weight is 445 g/mol. The van der Waals surface area contributed by atoms with Gasteiger partial charge < -0.3 is 4.42 Å². The largest absolute Gasteiger partial charge is 0.420 e. The summed E-state index contributed by atoms with van der Waals surface area (Å²) >= 11 is 0. The quantitative estimate of drug-likeness (QED) is 0.599. The van der Waals surface area contributed by atoms with Gasteiger partial charge in [0, 0.05) is 24.6 Å². The van der Waals surface area contributed by atoms with Crippen molar-refractivity contribution in [3.8, 4) is 11.5 Å². The molecule has 0 bridgehead atoms. The van der Waals surface area contributed by atoms with Gasteiger partial charge in [0.05, 0.1) is 4.90 Å². The summed E-state index contributed by atoms with van der Waals surface area (Å²) in [6.45, 7) is 2.39. The molecule has 3 aromatic rings. The maximum atomic E-state index is 13.6. The minimum atomic E-state index is -3.75. The molecule has 0 N–H and O–H groups in total. The number of halogens is 2. The summed E-state index contributed by atoms with van der Waals surface area (Å²) in [6.07, 6.45) is 2.19. The summed E-state index contributed by atoms with van der Waals surface area (Å²) < 4.78 is 60.4. The third-order valence-electron chi connectivity index (χ3n) is 6.49. The van der Waals surface area contributed by atoms with Crippen molar-refractivity contribution in [2.75, 3.05) is 13.1 Å². The Kier molecular flexibility index (Phi) is 4.71. The van der Waals surface area contributed by atoms with Crippen LogP contribution in [-0.2, 0) is 10.0 Å². The molecule has 1 spiro atoms. The second kappa shape index (κ2) is 7.20. The van der Waals surface area contributed by atoms with Crippen molar-refractivity contribution >= 4 is 10.0 Å². The lowest BCUT2D eigenvalue weighted by Gasteiger charge is -2.32. The Morgan fingerprint density at radius 2 is 1.81 bits per heavy atom. The number of hydrogen-bond donors (Lipinski definition) is 0. The van der Waals surface area contributed by atoms with Crippen molar-refractivity contribution in [1.29, 1.82) is 0 Å². The number of aromatic nitrogens is 2. The maximum Gasteiger partial charge on any atom is 0.247 e. The van der Waals surface area contributed by atoms with E-state index in [-0.39, 0.29) is 27.9 Å². The van der Waals surface area contributed by atoms with E-state index in [1.165, 1.54) is 28.6 Å². The van der Waals surface area contributed by atoms with Gasteiger partial charge in [0.15, 0.2) is 0 Å². The van der Waals surface area contributed by atoms with E-state index in [0.29, 0.717) is 42.9 Å². The van der Waals surface area contributed by atoms with Gasteiger partial charge in [-0.15, -0.1) is 10.2 Å². The minimum absolute atomic E-state index is 0.0208. The molecule has 0 amide bonds. The van der Waals surface area contributed by atoms with Gasteiger partial charge in [-0.1, -0.05) is 12.1 Å². The van der Waals surface area contributed by atoms with Crippen molar-refractivity contribution in [3.05, 3.63) is 65.6 Å². The molecule has 2 heterocycles. The number of aryl methyl sites for hydroxylation is 1. The van der Waals surface area contributed by atoms with E-state index >= 15 is 0 Å². The van der Waals surface area contributed by atoms with Crippen LogP contribution in [0.4, 0.5) is 8.78 Å². The second-order valence-electron chi connectivity index (χ2n) is 8.39. The minimum Gasteiger partial charge on any atom is -0.420 e. The fourth-order valence-corrected chi connectivity index (χ4v) is 6.20. The molecule has 31 heavy (non-hydrogen) atoms. The van der Waals surface area contributed by atoms with Gasteiger partial charge in [-0.25, -0.2) is 17.2 Å². The van der Waals surface area contributed by atoms with Gasteiger partial charge in [-0.05, 0) is 67.5 Å². The van der Waals surface area contributed by atoms with Crippen molar-refractivity contribution < 1.29 is 21.6 Å². The van der Waals surface area contributed by atoms with E-state index < -0.39 is 15.8 Å². The maximum absolute atomic E-state index is 13.6. The molecule has 2 aromatic carbocycles. The van der Waals surface area contributed by atoms with Gasteiger partial charge in [0.2, 0.25) is 21.8 Å². The summed E-state index contributed by atoms with van der Waals surface area (Å²) in [7, 11) is -3.75. The third kappa shape index (κ3) is 3.55. The first-order valence-corrected chi connectivity index (χ1v) is 11.6. The highest BCUT2D eigenvalue weighted by molar-refractivity contribution is 7.89. The van der Waals surface area contributed by atoms with Gasteiger partial charge in [0.25, 0.3) is 0 Å². The number of benzene rings is 2. The first-order chi connectivity index (χ1) is 14.8. The molecule has 0 radical (unpaired) electrons. The van der Waals surface area contributed by atoms with Crippen LogP contribution >= 0.6 is 0 Å². The van der Waals surface area contributed by atoms with E-state index in [9.17, 15) is 17.2 Å². The summed E-state index contributed by atoms with van der Waals surface area (Å²) in [6, 6.07) is 9.82. The van der Waals surface area contributed by atoms with E-state index in [4.69, 9.17) is 4.42 Å². The number of rotatable bonds is 4. The highest BCUT2D eigenvalue weighted by Gasteiger charge is 2.59. The Morgan fingerprint density at radius 3 is 2.55 bits per heavy atom. The van der Waals surface area contributed by atoms with Gasteiger partial charge in [-0.3, -0.25) is 0 Å². The van der Waals surface area contributed by atoms with Crippen molar-refractivity contribution in [3.63, 3.8) is 0 Å². The zero-order valence-corrected chi connectivity index (χ0v) is 17.7. The van der Waals surface area contributed by atoms with E-state index in [2.05, 4.69) is 10.2 Å². The van der Waals surface area contributed by atoms with Gasteiger partial charge in [-0.2, -0.15) is 4.31 Å². The lowest BCUT2D eigenvalue weighted by molar-refractivity contribution is 0.246. The molecule has 162 valence electrons. The highest BCUT2D eigenvalue weighted by Crippen LogP contribution is 2.64. The predicted molar refractivity (Wildman–Crippen MR) is 109 cm³/mol. The molecule has 1 saturated carbocycles. The van der Waals surface area contributed by atoms with Gasteiger partial charge >= 0.3 is 0 Å². The Morgan fingerprint density at radius 1 is 1.06 bits per heavy atom. The third-order valence-corrected chi connectivity index (χ3v) is 8.53. The molecule has 2 fully saturated rings. The van der Waals surface area contributed by atoms with Crippen molar-refractivity contribution in [1.82, 2.24) is 14.5 Å². The molecule has 9 heteroatoms. The standard InChI is InChI=1S/C22H21F2N3O3S/c1-14-5-6-17(24)12-19(14)31(28,29)27-9-7-22(8-10-27)13-18(22)21-26-25-20(30-21)15-3-2-4-16(23)11-15/h2-6,11-12,18H,7-10,13H2,1H3/t18-/m0/s1. The predicted octanol–water partition coefficient (Wildman–Crippen LogP) is 4.28. The zero-order valence-electron chi connectivity index (χ0n) is 16.9. The van der Waals surface area contributed by atoms with E-state index in [1.54, 1.807) is 19.1 Å². The number of piperidine rings is 1. The molecular formula is C22H21F2N3O3S. The van der Waals surface area contributed by atoms with Crippen molar-refractivity contribution in [2.45, 2.75) is 37.0 Å². The fourth-order valence-electron chi connectivity index (χ4n) is 4.53. The molecule has 1 aromatic heterocycles. The van der Waals surface area contributed by atoms with Crippen molar-refractivity contribution in [2.24, 2.45) is 5.41 Å². The highest BCUT2D eigenvalue weighted by atomic mass is 32.2. The van der Waals surface area contributed by atoms with E-state index in [0.717, 1.165) is 12.5 Å². The number of nitrogens with zero attached hydrogens (tertiary/aromatic N) is 3. The molecular weight excluding hydrogens is 424 g/mol. The zero-order chi connectivity index (χ0) is 21.8. The Labute approximate surface area is 179 Å². The monoisotopic (exact) mass is 445 g/mol. The Bertz CT molecular complexity index is 1250. The molecule has 5 rings (SSSR count). The molecule has 1 atom stereocenters. The number of sulfonamides is 1. The van der Waals surface area contributed by atoms with Crippen LogP contribution in [0.5, 0.6) is 0 Å². The van der Waals surface area contributed by atoms with Gasteiger partial charge in [0.1, 0.15) is 11.6 Å². The second-order valence-corrected chi connectivity index (χ2v) is 10.3. The first-order valence-electron chi connectivity index (χ1n) is 10.1. The average Bonchev–Trinajstić information content (AvgIpc) is 3.21. The van der Waals surface area contributed by atoms with Crippen LogP contribution in [0.2, 0.25) is 0 Å². The molecule has 2 aliphatic rings. The lowest BCUT2D eigenvalue weighted by Crippen LogP contribution is -2.39. The normalized spacial score (nSPS) is 20.8. The van der Waals surface area contributed by atoms with Crippen LogP contribution < -0.4 is 0 Å². The smallest absolute Gasteiger partial charge is 0.247 e. The van der Waals surface area contributed by atoms with Crippen LogP contribution in [0.25, 0.3) is 11.5 Å². The van der Waals surface area contributed by atoms with Crippen LogP contribution in [-0.4, -0.2) is 36.0 Å². The summed E-state index contributed by atoms with van der Waals surface area (Å²) in [5.74, 6) is -0.0783. The van der Waals surface area contributed by atoms with Crippen LogP contribution in [0.15, 0.2) is 51.8 Å². The Balaban J connectivity index is 1.29.